The number of allylic oxidation sites excluding steroid dienone is 2. The van der Waals surface area contributed by atoms with Gasteiger partial charge in [0.25, 0.3) is 0 Å². The smallest absolute Gasteiger partial charge is 0.0743 e. The minimum atomic E-state index is -1.87. The van der Waals surface area contributed by atoms with Crippen LogP contribution in [0.25, 0.3) is 34.4 Å². The molecule has 2 atom stereocenters. The Bertz CT molecular complexity index is 1540. The van der Waals surface area contributed by atoms with Gasteiger partial charge in [-0.05, 0) is 48.9 Å². The lowest BCUT2D eigenvalue weighted by Crippen LogP contribution is -2.42. The van der Waals surface area contributed by atoms with Crippen molar-refractivity contribution < 1.29 is 0 Å². The molecule has 6 rings (SSSR count). The number of benzene rings is 2. The lowest BCUT2D eigenvalue weighted by molar-refractivity contribution is 0.734. The summed E-state index contributed by atoms with van der Waals surface area (Å²) in [7, 11) is -1.87. The van der Waals surface area contributed by atoms with Crippen LogP contribution in [-0.4, -0.2) is 8.07 Å². The molecule has 0 aliphatic heterocycles. The van der Waals surface area contributed by atoms with Gasteiger partial charge in [-0.25, -0.2) is 0 Å². The lowest BCUT2D eigenvalue weighted by Gasteiger charge is -2.39. The van der Waals surface area contributed by atoms with Crippen molar-refractivity contribution in [1.82, 2.24) is 0 Å². The largest absolute Gasteiger partial charge is 0.144 e. The second-order valence-electron chi connectivity index (χ2n) is 11.7. The average molecular weight is 537 g/mol. The van der Waals surface area contributed by atoms with E-state index < -0.39 is 8.07 Å². The van der Waals surface area contributed by atoms with Crippen molar-refractivity contribution in [2.24, 2.45) is 5.92 Å². The number of rotatable bonds is 5. The normalized spacial score (nSPS) is 18.7. The third kappa shape index (κ3) is 3.81. The SMILES string of the molecule is CC1=Cc2c(sc(C)c2-c2ccccc2)C1[Si](C)(C)C1C(C(C)C)=Cc2c1sc(C)c2-c1ccccc1. The first-order valence-corrected chi connectivity index (χ1v) is 18.3. The van der Waals surface area contributed by atoms with E-state index in [4.69, 9.17) is 0 Å². The fourth-order valence-corrected chi connectivity index (χ4v) is 16.2. The van der Waals surface area contributed by atoms with Crippen LogP contribution in [0, 0.1) is 19.8 Å². The summed E-state index contributed by atoms with van der Waals surface area (Å²) < 4.78 is 0. The Kier molecular flexibility index (Phi) is 6.10. The molecule has 0 radical (unpaired) electrons. The Morgan fingerprint density at radius 1 is 0.649 bits per heavy atom. The van der Waals surface area contributed by atoms with Gasteiger partial charge in [-0.15, -0.1) is 22.7 Å². The number of aryl methyl sites for hydroxylation is 2. The van der Waals surface area contributed by atoms with E-state index in [1.165, 1.54) is 43.1 Å². The highest BCUT2D eigenvalue weighted by Gasteiger charge is 2.50. The molecule has 0 nitrogen and oxygen atoms in total. The monoisotopic (exact) mass is 536 g/mol. The molecular weight excluding hydrogens is 501 g/mol. The van der Waals surface area contributed by atoms with Crippen molar-refractivity contribution in [1.29, 1.82) is 0 Å². The van der Waals surface area contributed by atoms with Gasteiger partial charge in [0.1, 0.15) is 0 Å². The van der Waals surface area contributed by atoms with Crippen molar-refractivity contribution in [3.8, 4) is 22.3 Å². The van der Waals surface area contributed by atoms with Gasteiger partial charge in [0.15, 0.2) is 0 Å². The molecule has 2 aromatic heterocycles. The van der Waals surface area contributed by atoms with E-state index in [1.807, 2.05) is 0 Å². The first-order valence-electron chi connectivity index (χ1n) is 13.5. The highest BCUT2D eigenvalue weighted by Crippen LogP contribution is 2.59. The molecule has 2 heterocycles. The molecule has 0 saturated carbocycles. The zero-order chi connectivity index (χ0) is 26.1. The van der Waals surface area contributed by atoms with E-state index in [1.54, 1.807) is 20.9 Å². The van der Waals surface area contributed by atoms with Gasteiger partial charge in [-0.1, -0.05) is 111 Å². The average Bonchev–Trinajstić information content (AvgIpc) is 3.56. The standard InChI is InChI=1S/C34H36S2Si/c1-20(2)26-19-28-30(25-16-12-9-13-17-25)23(5)36-32(28)34(26)37(6,7)33-21(3)18-27-29(22(4)35-31(27)33)24-14-10-8-11-15-24/h8-20,33-34H,1-7H3. The maximum Gasteiger partial charge on any atom is 0.0743 e. The van der Waals surface area contributed by atoms with E-state index in [-0.39, 0.29) is 0 Å². The molecule has 2 unspecified atom stereocenters. The van der Waals surface area contributed by atoms with Crippen LogP contribution < -0.4 is 0 Å². The van der Waals surface area contributed by atoms with E-state index in [0.29, 0.717) is 17.0 Å². The van der Waals surface area contributed by atoms with Gasteiger partial charge in [-0.2, -0.15) is 0 Å². The fraction of sp³-hybridized carbons (Fsp3) is 0.294. The first kappa shape index (κ1) is 24.8. The summed E-state index contributed by atoms with van der Waals surface area (Å²) in [6.45, 7) is 17.2. The summed E-state index contributed by atoms with van der Waals surface area (Å²) in [4.78, 5) is 6.18. The lowest BCUT2D eigenvalue weighted by atomic mass is 10.0. The molecule has 0 saturated heterocycles. The number of hydrogen-bond acceptors (Lipinski definition) is 2. The molecule has 37 heavy (non-hydrogen) atoms. The fourth-order valence-electron chi connectivity index (χ4n) is 7.09. The molecule has 0 N–H and O–H groups in total. The molecule has 4 aromatic rings. The Morgan fingerprint density at radius 2 is 1.11 bits per heavy atom. The molecule has 0 spiro atoms. The summed E-state index contributed by atoms with van der Waals surface area (Å²) in [5.74, 6) is 0.551. The molecule has 0 amide bonds. The summed E-state index contributed by atoms with van der Waals surface area (Å²) in [5.41, 5.74) is 13.0. The Balaban J connectivity index is 1.49. The zero-order valence-electron chi connectivity index (χ0n) is 23.0. The first-order chi connectivity index (χ1) is 17.7. The maximum absolute atomic E-state index is 2.68. The van der Waals surface area contributed by atoms with Gasteiger partial charge >= 0.3 is 0 Å². The molecule has 0 bridgehead atoms. The zero-order valence-corrected chi connectivity index (χ0v) is 25.6. The quantitative estimate of drug-likeness (QED) is 0.222. The number of fused-ring (bicyclic) bond motifs is 2. The van der Waals surface area contributed by atoms with Crippen LogP contribution in [0.4, 0.5) is 0 Å². The summed E-state index contributed by atoms with van der Waals surface area (Å²) in [5, 5.41) is 0. The molecule has 188 valence electrons. The third-order valence-electron chi connectivity index (χ3n) is 8.58. The topological polar surface area (TPSA) is 0 Å². The van der Waals surface area contributed by atoms with Gasteiger partial charge in [0.05, 0.1) is 8.07 Å². The van der Waals surface area contributed by atoms with Crippen LogP contribution in [0.1, 0.15) is 62.5 Å². The molecule has 2 aliphatic rings. The Hall–Kier alpha value is -2.46. The Labute approximate surface area is 231 Å². The van der Waals surface area contributed by atoms with E-state index in [9.17, 15) is 0 Å². The number of thiophene rings is 2. The predicted molar refractivity (Wildman–Crippen MR) is 168 cm³/mol. The van der Waals surface area contributed by atoms with Crippen molar-refractivity contribution in [2.75, 3.05) is 0 Å². The predicted octanol–water partition coefficient (Wildman–Crippen LogP) is 10.9. The maximum atomic E-state index is 2.68. The molecular formula is C34H36S2Si. The van der Waals surface area contributed by atoms with Gasteiger partial charge in [0, 0.05) is 41.7 Å². The van der Waals surface area contributed by atoms with Gasteiger partial charge in [-0.3, -0.25) is 0 Å². The second kappa shape index (κ2) is 9.08. The summed E-state index contributed by atoms with van der Waals surface area (Å²) in [6.07, 6.45) is 5.12. The summed E-state index contributed by atoms with van der Waals surface area (Å²) >= 11 is 4.13. The van der Waals surface area contributed by atoms with Crippen LogP contribution in [0.5, 0.6) is 0 Å². The third-order valence-corrected chi connectivity index (χ3v) is 15.7. The highest BCUT2D eigenvalue weighted by atomic mass is 32.1. The van der Waals surface area contributed by atoms with Crippen LogP contribution in [0.3, 0.4) is 0 Å². The summed E-state index contributed by atoms with van der Waals surface area (Å²) in [6, 6.07) is 22.0. The number of hydrogen-bond donors (Lipinski definition) is 0. The molecule has 3 heteroatoms. The highest BCUT2D eigenvalue weighted by molar-refractivity contribution is 7.15. The Morgan fingerprint density at radius 3 is 1.59 bits per heavy atom. The van der Waals surface area contributed by atoms with Gasteiger partial charge in [0.2, 0.25) is 0 Å². The van der Waals surface area contributed by atoms with Crippen molar-refractivity contribution in [2.45, 2.75) is 58.8 Å². The van der Waals surface area contributed by atoms with Crippen LogP contribution >= 0.6 is 22.7 Å². The van der Waals surface area contributed by atoms with E-state index >= 15 is 0 Å². The van der Waals surface area contributed by atoms with Crippen molar-refractivity contribution in [3.63, 3.8) is 0 Å². The van der Waals surface area contributed by atoms with Crippen LogP contribution in [0.15, 0.2) is 71.8 Å². The van der Waals surface area contributed by atoms with Gasteiger partial charge < -0.3 is 0 Å². The minimum Gasteiger partial charge on any atom is -0.144 e. The minimum absolute atomic E-state index is 0.551. The van der Waals surface area contributed by atoms with E-state index in [2.05, 4.69) is 143 Å². The van der Waals surface area contributed by atoms with E-state index in [0.717, 1.165) is 0 Å². The molecule has 0 fully saturated rings. The van der Waals surface area contributed by atoms with Crippen LogP contribution in [-0.2, 0) is 0 Å². The van der Waals surface area contributed by atoms with Crippen LogP contribution in [0.2, 0.25) is 13.1 Å². The molecule has 2 aromatic carbocycles. The van der Waals surface area contributed by atoms with Crippen molar-refractivity contribution in [3.05, 3.63) is 102 Å². The second-order valence-corrected chi connectivity index (χ2v) is 19.0. The van der Waals surface area contributed by atoms with Crippen molar-refractivity contribution >= 4 is 42.9 Å². The molecule has 2 aliphatic carbocycles.